The normalized spacial score (nSPS) is 10.3. The van der Waals surface area contributed by atoms with Crippen molar-refractivity contribution in [1.82, 2.24) is 4.90 Å². The SMILES string of the molecule is CCN(CCC(=O)Nc1ccc(C(N)=O)cc1)C(=O)c1ccc(SC)cc1. The molecule has 2 rings (SSSR count). The maximum absolute atomic E-state index is 12.6. The van der Waals surface area contributed by atoms with Gasteiger partial charge in [0.2, 0.25) is 11.8 Å². The number of hydrogen-bond donors (Lipinski definition) is 2. The topological polar surface area (TPSA) is 92.5 Å². The van der Waals surface area contributed by atoms with E-state index in [9.17, 15) is 14.4 Å². The highest BCUT2D eigenvalue weighted by molar-refractivity contribution is 7.98. The van der Waals surface area contributed by atoms with Gasteiger partial charge in [0.25, 0.3) is 5.91 Å². The lowest BCUT2D eigenvalue weighted by atomic mass is 10.2. The van der Waals surface area contributed by atoms with E-state index in [0.717, 1.165) is 4.90 Å². The van der Waals surface area contributed by atoms with Crippen LogP contribution in [0.15, 0.2) is 53.4 Å². The molecule has 0 atom stereocenters. The molecule has 7 heteroatoms. The Labute approximate surface area is 163 Å². The Bertz CT molecular complexity index is 804. The molecular formula is C20H23N3O3S. The first-order chi connectivity index (χ1) is 12.9. The van der Waals surface area contributed by atoms with Crippen molar-refractivity contribution in [2.45, 2.75) is 18.2 Å². The van der Waals surface area contributed by atoms with Crippen LogP contribution in [0.1, 0.15) is 34.1 Å². The van der Waals surface area contributed by atoms with Gasteiger partial charge in [-0.05, 0) is 61.7 Å². The van der Waals surface area contributed by atoms with Crippen LogP contribution in [-0.2, 0) is 4.79 Å². The summed E-state index contributed by atoms with van der Waals surface area (Å²) in [6.45, 7) is 2.73. The molecule has 0 aliphatic carbocycles. The summed E-state index contributed by atoms with van der Waals surface area (Å²) in [5, 5.41) is 2.75. The van der Waals surface area contributed by atoms with E-state index in [1.165, 1.54) is 0 Å². The van der Waals surface area contributed by atoms with Crippen LogP contribution < -0.4 is 11.1 Å². The fraction of sp³-hybridized carbons (Fsp3) is 0.250. The summed E-state index contributed by atoms with van der Waals surface area (Å²) in [6, 6.07) is 13.8. The van der Waals surface area contributed by atoms with Crippen molar-refractivity contribution in [3.63, 3.8) is 0 Å². The summed E-state index contributed by atoms with van der Waals surface area (Å²) in [5.74, 6) is -0.815. The molecule has 3 N–H and O–H groups in total. The Hall–Kier alpha value is -2.80. The Morgan fingerprint density at radius 3 is 2.11 bits per heavy atom. The molecule has 2 aromatic rings. The number of nitrogens with two attached hydrogens (primary N) is 1. The number of carbonyl (C=O) groups excluding carboxylic acids is 3. The third-order valence-corrected chi connectivity index (χ3v) is 4.81. The number of primary amides is 1. The van der Waals surface area contributed by atoms with E-state index in [-0.39, 0.29) is 18.2 Å². The molecule has 0 aliphatic rings. The Morgan fingerprint density at radius 1 is 1.00 bits per heavy atom. The number of nitrogens with one attached hydrogen (secondary N) is 1. The summed E-state index contributed by atoms with van der Waals surface area (Å²) < 4.78 is 0. The third-order valence-electron chi connectivity index (χ3n) is 4.07. The van der Waals surface area contributed by atoms with E-state index in [0.29, 0.717) is 29.9 Å². The van der Waals surface area contributed by atoms with E-state index in [1.807, 2.05) is 25.3 Å². The summed E-state index contributed by atoms with van der Waals surface area (Å²) in [6.07, 6.45) is 2.16. The van der Waals surface area contributed by atoms with Crippen LogP contribution in [0.25, 0.3) is 0 Å². The van der Waals surface area contributed by atoms with Gasteiger partial charge in [-0.1, -0.05) is 0 Å². The average Bonchev–Trinajstić information content (AvgIpc) is 2.68. The maximum Gasteiger partial charge on any atom is 0.253 e. The van der Waals surface area contributed by atoms with Crippen LogP contribution in [0.5, 0.6) is 0 Å². The number of rotatable bonds is 8. The second-order valence-corrected chi connectivity index (χ2v) is 6.73. The fourth-order valence-corrected chi connectivity index (χ4v) is 2.91. The van der Waals surface area contributed by atoms with E-state index in [1.54, 1.807) is 53.1 Å². The van der Waals surface area contributed by atoms with Gasteiger partial charge in [-0.3, -0.25) is 14.4 Å². The highest BCUT2D eigenvalue weighted by atomic mass is 32.2. The Balaban J connectivity index is 1.90. The van der Waals surface area contributed by atoms with Crippen LogP contribution in [0.2, 0.25) is 0 Å². The van der Waals surface area contributed by atoms with Crippen molar-refractivity contribution in [2.75, 3.05) is 24.7 Å². The number of hydrogen-bond acceptors (Lipinski definition) is 4. The van der Waals surface area contributed by atoms with Gasteiger partial charge in [0.05, 0.1) is 0 Å². The molecule has 27 heavy (non-hydrogen) atoms. The average molecular weight is 385 g/mol. The highest BCUT2D eigenvalue weighted by Gasteiger charge is 2.15. The molecule has 0 aliphatic heterocycles. The van der Waals surface area contributed by atoms with Gasteiger partial charge in [0, 0.05) is 41.2 Å². The third kappa shape index (κ3) is 5.86. The molecule has 6 nitrogen and oxygen atoms in total. The van der Waals surface area contributed by atoms with Gasteiger partial charge in [0.15, 0.2) is 0 Å². The molecule has 2 aromatic carbocycles. The second-order valence-electron chi connectivity index (χ2n) is 5.85. The van der Waals surface area contributed by atoms with Crippen LogP contribution in [0.3, 0.4) is 0 Å². The van der Waals surface area contributed by atoms with E-state index >= 15 is 0 Å². The largest absolute Gasteiger partial charge is 0.366 e. The number of amides is 3. The first kappa shape index (κ1) is 20.5. The van der Waals surface area contributed by atoms with Crippen molar-refractivity contribution in [3.8, 4) is 0 Å². The lowest BCUT2D eigenvalue weighted by Crippen LogP contribution is -2.33. The minimum absolute atomic E-state index is 0.0937. The molecule has 0 saturated carbocycles. The van der Waals surface area contributed by atoms with Gasteiger partial charge >= 0.3 is 0 Å². The number of nitrogens with zero attached hydrogens (tertiary/aromatic N) is 1. The molecule has 0 heterocycles. The quantitative estimate of drug-likeness (QED) is 0.683. The molecule has 0 fully saturated rings. The van der Waals surface area contributed by atoms with Crippen molar-refractivity contribution in [1.29, 1.82) is 0 Å². The van der Waals surface area contributed by atoms with Gasteiger partial charge in [-0.25, -0.2) is 0 Å². The Kier molecular flexibility index (Phi) is 7.43. The predicted octanol–water partition coefficient (Wildman–Crippen LogP) is 3.00. The molecule has 0 unspecified atom stereocenters. The molecule has 0 aromatic heterocycles. The zero-order chi connectivity index (χ0) is 19.8. The summed E-state index contributed by atoms with van der Waals surface area (Å²) >= 11 is 1.62. The molecule has 0 radical (unpaired) electrons. The van der Waals surface area contributed by atoms with Gasteiger partial charge in [0.1, 0.15) is 0 Å². The predicted molar refractivity (Wildman–Crippen MR) is 108 cm³/mol. The molecule has 142 valence electrons. The minimum Gasteiger partial charge on any atom is -0.366 e. The van der Waals surface area contributed by atoms with Crippen LogP contribution >= 0.6 is 11.8 Å². The van der Waals surface area contributed by atoms with E-state index < -0.39 is 5.91 Å². The lowest BCUT2D eigenvalue weighted by Gasteiger charge is -2.21. The smallest absolute Gasteiger partial charge is 0.253 e. The second kappa shape index (κ2) is 9.78. The highest BCUT2D eigenvalue weighted by Crippen LogP contribution is 2.16. The van der Waals surface area contributed by atoms with Crippen molar-refractivity contribution < 1.29 is 14.4 Å². The molecule has 3 amide bonds. The summed E-state index contributed by atoms with van der Waals surface area (Å²) in [7, 11) is 0. The van der Waals surface area contributed by atoms with Crippen molar-refractivity contribution in [2.24, 2.45) is 5.73 Å². The Morgan fingerprint density at radius 2 is 1.59 bits per heavy atom. The van der Waals surface area contributed by atoms with Gasteiger partial charge in [-0.2, -0.15) is 0 Å². The summed E-state index contributed by atoms with van der Waals surface area (Å²) in [5.41, 5.74) is 6.75. The van der Waals surface area contributed by atoms with Crippen molar-refractivity contribution in [3.05, 3.63) is 59.7 Å². The zero-order valence-corrected chi connectivity index (χ0v) is 16.2. The van der Waals surface area contributed by atoms with E-state index in [2.05, 4.69) is 5.32 Å². The van der Waals surface area contributed by atoms with Crippen molar-refractivity contribution >= 4 is 35.2 Å². The maximum atomic E-state index is 12.6. The zero-order valence-electron chi connectivity index (χ0n) is 15.4. The van der Waals surface area contributed by atoms with Crippen LogP contribution in [-0.4, -0.2) is 42.0 Å². The summed E-state index contributed by atoms with van der Waals surface area (Å²) in [4.78, 5) is 38.5. The molecule has 0 bridgehead atoms. The first-order valence-corrected chi connectivity index (χ1v) is 9.80. The van der Waals surface area contributed by atoms with E-state index in [4.69, 9.17) is 5.73 Å². The van der Waals surface area contributed by atoms with Gasteiger partial charge in [-0.15, -0.1) is 11.8 Å². The van der Waals surface area contributed by atoms with Crippen LogP contribution in [0, 0.1) is 0 Å². The number of carbonyl (C=O) groups is 3. The fourth-order valence-electron chi connectivity index (χ4n) is 2.50. The standard InChI is InChI=1S/C20H23N3O3S/c1-3-23(20(26)15-6-10-17(27-2)11-7-15)13-12-18(24)22-16-8-4-14(5-9-16)19(21)25/h4-11H,3,12-13H2,1-2H3,(H2,21,25)(H,22,24). The molecule has 0 spiro atoms. The molecule has 0 saturated heterocycles. The number of thioether (sulfide) groups is 1. The number of benzene rings is 2. The minimum atomic E-state index is -0.518. The monoisotopic (exact) mass is 385 g/mol. The molecular weight excluding hydrogens is 362 g/mol. The first-order valence-electron chi connectivity index (χ1n) is 8.57. The number of anilines is 1. The lowest BCUT2D eigenvalue weighted by molar-refractivity contribution is -0.116. The van der Waals surface area contributed by atoms with Crippen LogP contribution in [0.4, 0.5) is 5.69 Å². The van der Waals surface area contributed by atoms with Gasteiger partial charge < -0.3 is 16.0 Å².